The fourth-order valence-electron chi connectivity index (χ4n) is 3.12. The Hall–Kier alpha value is -0.0800. The lowest BCUT2D eigenvalue weighted by Crippen LogP contribution is -2.49. The molecule has 0 amide bonds. The summed E-state index contributed by atoms with van der Waals surface area (Å²) < 4.78 is 0. The summed E-state index contributed by atoms with van der Waals surface area (Å²) in [6, 6.07) is 0.885. The summed E-state index contributed by atoms with van der Waals surface area (Å²) in [5, 5.41) is 0. The van der Waals surface area contributed by atoms with E-state index in [0.29, 0.717) is 0 Å². The molecule has 2 rings (SSSR count). The van der Waals surface area contributed by atoms with Crippen molar-refractivity contribution in [2.75, 3.05) is 19.6 Å². The van der Waals surface area contributed by atoms with Crippen LogP contribution in [-0.2, 0) is 0 Å². The molecule has 0 aromatic carbocycles. The summed E-state index contributed by atoms with van der Waals surface area (Å²) in [5.74, 6) is 1.01. The van der Waals surface area contributed by atoms with Gasteiger partial charge in [-0.25, -0.2) is 0 Å². The molecule has 2 aliphatic rings. The summed E-state index contributed by atoms with van der Waals surface area (Å²) >= 11 is 0. The van der Waals surface area contributed by atoms with Crippen LogP contribution in [0.5, 0.6) is 0 Å². The van der Waals surface area contributed by atoms with Crippen LogP contribution in [0.3, 0.4) is 0 Å². The Balaban J connectivity index is 1.65. The van der Waals surface area contributed by atoms with E-state index in [1.807, 2.05) is 0 Å². The molecule has 1 unspecified atom stereocenters. The van der Waals surface area contributed by atoms with Gasteiger partial charge in [-0.3, -0.25) is 0 Å². The molecule has 2 N–H and O–H groups in total. The molecule has 2 heteroatoms. The molecular weight excluding hydrogens is 184 g/mol. The Labute approximate surface area is 94.2 Å². The third-order valence-corrected chi connectivity index (χ3v) is 4.22. The molecule has 0 aromatic rings. The van der Waals surface area contributed by atoms with Crippen LogP contribution in [0, 0.1) is 5.92 Å². The van der Waals surface area contributed by atoms with E-state index >= 15 is 0 Å². The van der Waals surface area contributed by atoms with E-state index in [0.717, 1.165) is 18.5 Å². The second kappa shape index (κ2) is 5.86. The first-order valence-corrected chi connectivity index (χ1v) is 6.84. The summed E-state index contributed by atoms with van der Waals surface area (Å²) in [7, 11) is 0. The minimum Gasteiger partial charge on any atom is -0.330 e. The fraction of sp³-hybridized carbons (Fsp3) is 1.00. The Kier molecular flexibility index (Phi) is 4.45. The Bertz CT molecular complexity index is 175. The second-order valence-corrected chi connectivity index (χ2v) is 5.37. The van der Waals surface area contributed by atoms with Crippen LogP contribution < -0.4 is 5.73 Å². The van der Waals surface area contributed by atoms with Gasteiger partial charge >= 0.3 is 0 Å². The lowest BCUT2D eigenvalue weighted by molar-refractivity contribution is 0.0566. The minimum absolute atomic E-state index is 0.869. The lowest BCUT2D eigenvalue weighted by atomic mass is 9.87. The van der Waals surface area contributed by atoms with Crippen molar-refractivity contribution in [1.82, 2.24) is 4.90 Å². The molecule has 0 spiro atoms. The van der Waals surface area contributed by atoms with Gasteiger partial charge in [0.15, 0.2) is 0 Å². The zero-order valence-electron chi connectivity index (χ0n) is 9.96. The smallest absolute Gasteiger partial charge is 0.0108 e. The van der Waals surface area contributed by atoms with E-state index in [1.54, 1.807) is 0 Å². The molecule has 1 heterocycles. The number of hydrogen-bond donors (Lipinski definition) is 1. The van der Waals surface area contributed by atoms with Crippen LogP contribution in [0.15, 0.2) is 0 Å². The molecule has 0 radical (unpaired) electrons. The number of nitrogens with zero attached hydrogens (tertiary/aromatic N) is 1. The molecule has 15 heavy (non-hydrogen) atoms. The number of likely N-dealkylation sites (tertiary alicyclic amines) is 1. The highest BCUT2D eigenvalue weighted by Gasteiger charge is 2.29. The zero-order chi connectivity index (χ0) is 10.5. The molecule has 1 aliphatic heterocycles. The predicted molar refractivity (Wildman–Crippen MR) is 64.8 cm³/mol. The van der Waals surface area contributed by atoms with E-state index in [2.05, 4.69) is 4.90 Å². The molecule has 1 saturated carbocycles. The average molecular weight is 210 g/mol. The van der Waals surface area contributed by atoms with E-state index < -0.39 is 0 Å². The molecule has 0 bridgehead atoms. The molecule has 2 nitrogen and oxygen atoms in total. The van der Waals surface area contributed by atoms with Crippen LogP contribution in [0.4, 0.5) is 0 Å². The van der Waals surface area contributed by atoms with Crippen LogP contribution in [0.25, 0.3) is 0 Å². The average Bonchev–Trinajstić information content (AvgIpc) is 2.26. The highest BCUT2D eigenvalue weighted by Crippen LogP contribution is 2.29. The van der Waals surface area contributed by atoms with Gasteiger partial charge in [-0.1, -0.05) is 19.3 Å². The van der Waals surface area contributed by atoms with Crippen molar-refractivity contribution < 1.29 is 0 Å². The Morgan fingerprint density at radius 1 is 1.07 bits per heavy atom. The second-order valence-electron chi connectivity index (χ2n) is 5.37. The van der Waals surface area contributed by atoms with Crippen LogP contribution in [0.1, 0.15) is 51.4 Å². The largest absolute Gasteiger partial charge is 0.330 e. The Morgan fingerprint density at radius 3 is 2.47 bits per heavy atom. The molecule has 1 saturated heterocycles. The topological polar surface area (TPSA) is 29.3 Å². The molecule has 88 valence electrons. The molecule has 2 fully saturated rings. The van der Waals surface area contributed by atoms with Crippen molar-refractivity contribution in [1.29, 1.82) is 0 Å². The van der Waals surface area contributed by atoms with E-state index in [4.69, 9.17) is 5.73 Å². The summed E-state index contributed by atoms with van der Waals surface area (Å²) in [6.07, 6.45) is 11.4. The number of nitrogens with two attached hydrogens (primary N) is 1. The van der Waals surface area contributed by atoms with E-state index in [9.17, 15) is 0 Å². The fourth-order valence-corrected chi connectivity index (χ4v) is 3.12. The third kappa shape index (κ3) is 3.18. The highest BCUT2D eigenvalue weighted by atomic mass is 15.2. The molecule has 1 aliphatic carbocycles. The number of rotatable bonds is 5. The van der Waals surface area contributed by atoms with Crippen molar-refractivity contribution >= 4 is 0 Å². The van der Waals surface area contributed by atoms with E-state index in [1.165, 1.54) is 64.5 Å². The van der Waals surface area contributed by atoms with Crippen LogP contribution in [0.2, 0.25) is 0 Å². The van der Waals surface area contributed by atoms with Gasteiger partial charge in [-0.2, -0.15) is 0 Å². The van der Waals surface area contributed by atoms with Crippen LogP contribution in [-0.4, -0.2) is 30.6 Å². The van der Waals surface area contributed by atoms with Crippen LogP contribution >= 0.6 is 0 Å². The number of hydrogen-bond acceptors (Lipinski definition) is 2. The molecule has 0 aromatic heterocycles. The van der Waals surface area contributed by atoms with Crippen molar-refractivity contribution in [3.8, 4) is 0 Å². The minimum atomic E-state index is 0.869. The lowest BCUT2D eigenvalue weighted by Gasteiger charge is -2.43. The van der Waals surface area contributed by atoms with Gasteiger partial charge in [0, 0.05) is 12.6 Å². The Morgan fingerprint density at radius 2 is 1.87 bits per heavy atom. The third-order valence-electron chi connectivity index (χ3n) is 4.22. The van der Waals surface area contributed by atoms with Crippen molar-refractivity contribution in [2.24, 2.45) is 11.7 Å². The molecule has 1 atom stereocenters. The van der Waals surface area contributed by atoms with Gasteiger partial charge in [-0.05, 0) is 51.1 Å². The van der Waals surface area contributed by atoms with Crippen molar-refractivity contribution in [3.63, 3.8) is 0 Å². The predicted octanol–water partition coefficient (Wildman–Crippen LogP) is 2.38. The van der Waals surface area contributed by atoms with Crippen molar-refractivity contribution in [3.05, 3.63) is 0 Å². The zero-order valence-corrected chi connectivity index (χ0v) is 9.96. The first kappa shape index (κ1) is 11.4. The maximum absolute atomic E-state index is 5.57. The van der Waals surface area contributed by atoms with Gasteiger partial charge in [0.05, 0.1) is 0 Å². The standard InChI is InChI=1S/C13H26N2/c14-9-4-7-13-8-10-15(13)11-12-5-2-1-3-6-12/h12-13H,1-11,14H2. The highest BCUT2D eigenvalue weighted by molar-refractivity contribution is 4.84. The maximum Gasteiger partial charge on any atom is 0.0108 e. The summed E-state index contributed by atoms with van der Waals surface area (Å²) in [5.41, 5.74) is 5.57. The van der Waals surface area contributed by atoms with Crippen molar-refractivity contribution in [2.45, 2.75) is 57.4 Å². The van der Waals surface area contributed by atoms with Gasteiger partial charge in [0.25, 0.3) is 0 Å². The van der Waals surface area contributed by atoms with E-state index in [-0.39, 0.29) is 0 Å². The van der Waals surface area contributed by atoms with Gasteiger partial charge in [-0.15, -0.1) is 0 Å². The first-order chi connectivity index (χ1) is 7.40. The first-order valence-electron chi connectivity index (χ1n) is 6.84. The van der Waals surface area contributed by atoms with Gasteiger partial charge < -0.3 is 10.6 Å². The SMILES string of the molecule is NCCCC1CCN1CC1CCCCC1. The summed E-state index contributed by atoms with van der Waals surface area (Å²) in [4.78, 5) is 2.71. The molecular formula is C13H26N2. The van der Waals surface area contributed by atoms with Gasteiger partial charge in [0.2, 0.25) is 0 Å². The maximum atomic E-state index is 5.57. The van der Waals surface area contributed by atoms with Gasteiger partial charge in [0.1, 0.15) is 0 Å². The normalized spacial score (nSPS) is 29.0. The quantitative estimate of drug-likeness (QED) is 0.755. The monoisotopic (exact) mass is 210 g/mol. The summed E-state index contributed by atoms with van der Waals surface area (Å²) in [6.45, 7) is 3.61.